The molecule has 1 unspecified atom stereocenters. The Hall–Kier alpha value is -1.84. The van der Waals surface area contributed by atoms with E-state index in [0.29, 0.717) is 5.56 Å². The Labute approximate surface area is 120 Å². The van der Waals surface area contributed by atoms with E-state index in [1.165, 1.54) is 4.90 Å². The number of carbonyl (C=O) groups excluding carboxylic acids is 1. The largest absolute Gasteiger partial charge is 0.480 e. The Balaban J connectivity index is 3.22. The molecule has 0 saturated carbocycles. The van der Waals surface area contributed by atoms with Crippen LogP contribution in [0.15, 0.2) is 12.1 Å². The minimum absolute atomic E-state index is 0.0984. The van der Waals surface area contributed by atoms with E-state index in [9.17, 15) is 9.59 Å². The minimum Gasteiger partial charge on any atom is -0.480 e. The fourth-order valence-corrected chi connectivity index (χ4v) is 2.45. The first-order valence-electron chi connectivity index (χ1n) is 6.88. The second kappa shape index (κ2) is 6.55. The Morgan fingerprint density at radius 2 is 1.70 bits per heavy atom. The number of aliphatic carboxylic acids is 1. The molecule has 0 aliphatic carbocycles. The molecule has 1 amide bonds. The number of hydrogen-bond acceptors (Lipinski definition) is 2. The predicted molar refractivity (Wildman–Crippen MR) is 79.1 cm³/mol. The van der Waals surface area contributed by atoms with Crippen LogP contribution in [-0.4, -0.2) is 34.5 Å². The normalized spacial score (nSPS) is 12.1. The zero-order valence-corrected chi connectivity index (χ0v) is 12.9. The van der Waals surface area contributed by atoms with Crippen molar-refractivity contribution in [3.63, 3.8) is 0 Å². The van der Waals surface area contributed by atoms with Crippen LogP contribution in [0.4, 0.5) is 0 Å². The van der Waals surface area contributed by atoms with Crippen LogP contribution in [0.25, 0.3) is 0 Å². The summed E-state index contributed by atoms with van der Waals surface area (Å²) in [7, 11) is 0. The van der Waals surface area contributed by atoms with Gasteiger partial charge in [-0.25, -0.2) is 0 Å². The number of benzene rings is 1. The number of carbonyl (C=O) groups is 2. The molecule has 4 heteroatoms. The maximum Gasteiger partial charge on any atom is 0.323 e. The van der Waals surface area contributed by atoms with Gasteiger partial charge in [-0.3, -0.25) is 9.59 Å². The summed E-state index contributed by atoms with van der Waals surface area (Å²) in [5.74, 6) is -1.18. The number of carboxylic acid groups (broad SMARTS) is 1. The smallest absolute Gasteiger partial charge is 0.323 e. The van der Waals surface area contributed by atoms with Gasteiger partial charge in [0.25, 0.3) is 5.91 Å². The molecule has 1 N–H and O–H groups in total. The van der Waals surface area contributed by atoms with Crippen molar-refractivity contribution >= 4 is 11.9 Å². The van der Waals surface area contributed by atoms with Crippen LogP contribution in [0.5, 0.6) is 0 Å². The summed E-state index contributed by atoms with van der Waals surface area (Å²) >= 11 is 0. The lowest BCUT2D eigenvalue weighted by Crippen LogP contribution is -2.42. The Kier molecular flexibility index (Phi) is 5.31. The van der Waals surface area contributed by atoms with Gasteiger partial charge in [-0.2, -0.15) is 0 Å². The van der Waals surface area contributed by atoms with Crippen molar-refractivity contribution in [3.05, 3.63) is 34.4 Å². The molecule has 1 aromatic carbocycles. The van der Waals surface area contributed by atoms with E-state index in [0.717, 1.165) is 23.1 Å². The molecule has 1 aromatic rings. The summed E-state index contributed by atoms with van der Waals surface area (Å²) in [6.45, 7) is 9.32. The SMILES string of the molecule is CCC(C)N(CC(=O)O)C(=O)c1c(C)cc(C)cc1C. The molecule has 0 radical (unpaired) electrons. The molecule has 1 rings (SSSR count). The van der Waals surface area contributed by atoms with Gasteiger partial charge < -0.3 is 10.0 Å². The third kappa shape index (κ3) is 3.59. The third-order valence-corrected chi connectivity index (χ3v) is 3.58. The van der Waals surface area contributed by atoms with Gasteiger partial charge in [0, 0.05) is 11.6 Å². The molecule has 0 fully saturated rings. The molecule has 4 nitrogen and oxygen atoms in total. The van der Waals surface area contributed by atoms with E-state index in [2.05, 4.69) is 0 Å². The average Bonchev–Trinajstić information content (AvgIpc) is 2.33. The highest BCUT2D eigenvalue weighted by atomic mass is 16.4. The second-order valence-corrected chi connectivity index (χ2v) is 5.36. The molecule has 0 saturated heterocycles. The van der Waals surface area contributed by atoms with Crippen molar-refractivity contribution in [2.45, 2.75) is 47.1 Å². The summed E-state index contributed by atoms with van der Waals surface area (Å²) in [6.07, 6.45) is 0.725. The molecule has 0 bridgehead atoms. The predicted octanol–water partition coefficient (Wildman–Crippen LogP) is 2.94. The first kappa shape index (κ1) is 16.2. The number of nitrogens with zero attached hydrogens (tertiary/aromatic N) is 1. The summed E-state index contributed by atoms with van der Waals surface area (Å²) in [6, 6.07) is 3.81. The van der Waals surface area contributed by atoms with Gasteiger partial charge >= 0.3 is 5.97 Å². The van der Waals surface area contributed by atoms with Gasteiger partial charge in [0.2, 0.25) is 0 Å². The molecule has 0 aliphatic rings. The summed E-state index contributed by atoms with van der Waals surface area (Å²) in [4.78, 5) is 25.1. The lowest BCUT2D eigenvalue weighted by Gasteiger charge is -2.28. The first-order valence-corrected chi connectivity index (χ1v) is 6.88. The highest BCUT2D eigenvalue weighted by molar-refractivity contribution is 5.98. The Morgan fingerprint density at radius 3 is 2.10 bits per heavy atom. The van der Waals surface area contributed by atoms with E-state index in [4.69, 9.17) is 5.11 Å². The van der Waals surface area contributed by atoms with E-state index >= 15 is 0 Å². The molecule has 0 heterocycles. The van der Waals surface area contributed by atoms with Gasteiger partial charge in [-0.15, -0.1) is 0 Å². The summed E-state index contributed by atoms with van der Waals surface area (Å²) < 4.78 is 0. The number of aryl methyl sites for hydroxylation is 3. The monoisotopic (exact) mass is 277 g/mol. The Morgan fingerprint density at radius 1 is 1.20 bits per heavy atom. The molecule has 0 spiro atoms. The number of hydrogen-bond donors (Lipinski definition) is 1. The van der Waals surface area contributed by atoms with Crippen molar-refractivity contribution in [1.29, 1.82) is 0 Å². The van der Waals surface area contributed by atoms with Gasteiger partial charge in [0.05, 0.1) is 0 Å². The first-order chi connectivity index (χ1) is 9.27. The molecule has 20 heavy (non-hydrogen) atoms. The van der Waals surface area contributed by atoms with Gasteiger partial charge in [0.1, 0.15) is 6.54 Å². The lowest BCUT2D eigenvalue weighted by atomic mass is 9.98. The number of carboxylic acids is 1. The van der Waals surface area contributed by atoms with Crippen LogP contribution >= 0.6 is 0 Å². The fraction of sp³-hybridized carbons (Fsp3) is 0.500. The topological polar surface area (TPSA) is 57.6 Å². The summed E-state index contributed by atoms with van der Waals surface area (Å²) in [5.41, 5.74) is 3.51. The maximum absolute atomic E-state index is 12.7. The highest BCUT2D eigenvalue weighted by Crippen LogP contribution is 2.20. The second-order valence-electron chi connectivity index (χ2n) is 5.36. The molecule has 0 aliphatic heterocycles. The van der Waals surface area contributed by atoms with Crippen LogP contribution in [0.3, 0.4) is 0 Å². The number of amides is 1. The van der Waals surface area contributed by atoms with Gasteiger partial charge in [0.15, 0.2) is 0 Å². The average molecular weight is 277 g/mol. The van der Waals surface area contributed by atoms with Crippen LogP contribution in [0.1, 0.15) is 47.3 Å². The van der Waals surface area contributed by atoms with Crippen LogP contribution in [0, 0.1) is 20.8 Å². The zero-order valence-electron chi connectivity index (χ0n) is 12.9. The van der Waals surface area contributed by atoms with Gasteiger partial charge in [-0.1, -0.05) is 24.6 Å². The molecule has 110 valence electrons. The van der Waals surface area contributed by atoms with E-state index < -0.39 is 5.97 Å². The maximum atomic E-state index is 12.7. The fourth-order valence-electron chi connectivity index (χ4n) is 2.45. The molecular formula is C16H23NO3. The van der Waals surface area contributed by atoms with Crippen LogP contribution < -0.4 is 0 Å². The molecule has 0 aromatic heterocycles. The quantitative estimate of drug-likeness (QED) is 0.900. The lowest BCUT2D eigenvalue weighted by molar-refractivity contribution is -0.138. The van der Waals surface area contributed by atoms with Crippen LogP contribution in [-0.2, 0) is 4.79 Å². The van der Waals surface area contributed by atoms with Crippen molar-refractivity contribution in [3.8, 4) is 0 Å². The standard InChI is InChI=1S/C16H23NO3/c1-6-13(5)17(9-14(18)19)16(20)15-11(3)7-10(2)8-12(15)4/h7-8,13H,6,9H2,1-5H3,(H,18,19). The zero-order chi connectivity index (χ0) is 15.4. The third-order valence-electron chi connectivity index (χ3n) is 3.58. The van der Waals surface area contributed by atoms with E-state index in [-0.39, 0.29) is 18.5 Å². The van der Waals surface area contributed by atoms with Crippen molar-refractivity contribution in [1.82, 2.24) is 4.90 Å². The van der Waals surface area contributed by atoms with E-state index in [1.54, 1.807) is 0 Å². The Bertz CT molecular complexity index is 499. The van der Waals surface area contributed by atoms with Crippen molar-refractivity contribution < 1.29 is 14.7 Å². The van der Waals surface area contributed by atoms with Crippen molar-refractivity contribution in [2.75, 3.05) is 6.54 Å². The number of rotatable bonds is 5. The van der Waals surface area contributed by atoms with Crippen molar-refractivity contribution in [2.24, 2.45) is 0 Å². The molecular weight excluding hydrogens is 254 g/mol. The van der Waals surface area contributed by atoms with Gasteiger partial charge in [-0.05, 0) is 45.2 Å². The summed E-state index contributed by atoms with van der Waals surface area (Å²) in [5, 5.41) is 9.01. The highest BCUT2D eigenvalue weighted by Gasteiger charge is 2.25. The van der Waals surface area contributed by atoms with Crippen LogP contribution in [0.2, 0.25) is 0 Å². The molecule has 1 atom stereocenters. The minimum atomic E-state index is -0.985. The van der Waals surface area contributed by atoms with E-state index in [1.807, 2.05) is 46.8 Å².